The maximum absolute atomic E-state index is 13.0. The van der Waals surface area contributed by atoms with E-state index in [0.29, 0.717) is 26.1 Å². The number of hydrogen-bond acceptors (Lipinski definition) is 2. The molecule has 4 heteroatoms. The van der Waals surface area contributed by atoms with Gasteiger partial charge in [-0.2, -0.15) is 0 Å². The number of hydrogen-bond donors (Lipinski definition) is 1. The van der Waals surface area contributed by atoms with Gasteiger partial charge < -0.3 is 5.11 Å². The minimum Gasteiger partial charge on any atom is -0.392 e. The van der Waals surface area contributed by atoms with Crippen molar-refractivity contribution in [3.63, 3.8) is 0 Å². The molecule has 0 spiro atoms. The van der Waals surface area contributed by atoms with Crippen LogP contribution in [0.1, 0.15) is 24.5 Å². The van der Waals surface area contributed by atoms with Crippen LogP contribution in [0.25, 0.3) is 0 Å². The lowest BCUT2D eigenvalue weighted by atomic mass is 10.1. The van der Waals surface area contributed by atoms with Gasteiger partial charge in [0.15, 0.2) is 0 Å². The lowest BCUT2D eigenvalue weighted by Crippen LogP contribution is -2.31. The minimum atomic E-state index is -0.416. The first-order chi connectivity index (χ1) is 10.6. The summed E-state index contributed by atoms with van der Waals surface area (Å²) in [7, 11) is 0. The summed E-state index contributed by atoms with van der Waals surface area (Å²) >= 11 is 0. The summed E-state index contributed by atoms with van der Waals surface area (Å²) in [6, 6.07) is 12.7. The molecule has 0 amide bonds. The Balaban J connectivity index is 2.07. The van der Waals surface area contributed by atoms with Gasteiger partial charge in [0, 0.05) is 19.6 Å². The van der Waals surface area contributed by atoms with Gasteiger partial charge in [-0.25, -0.2) is 8.78 Å². The SMILES string of the molecule is CCC(O)CN(Cc1ccc(F)cc1)Cc1ccc(F)cc1. The van der Waals surface area contributed by atoms with Gasteiger partial charge in [0.05, 0.1) is 6.10 Å². The van der Waals surface area contributed by atoms with E-state index in [1.54, 1.807) is 24.3 Å². The van der Waals surface area contributed by atoms with Gasteiger partial charge in [-0.3, -0.25) is 4.90 Å². The minimum absolute atomic E-state index is 0.262. The van der Waals surface area contributed by atoms with Crippen LogP contribution >= 0.6 is 0 Å². The standard InChI is InChI=1S/C18H21F2NO/c1-2-18(22)13-21(11-14-3-7-16(19)8-4-14)12-15-5-9-17(20)10-6-15/h3-10,18,22H,2,11-13H2,1H3. The Morgan fingerprint density at radius 2 is 1.27 bits per heavy atom. The summed E-state index contributed by atoms with van der Waals surface area (Å²) in [5.74, 6) is -0.523. The first-order valence-corrected chi connectivity index (χ1v) is 7.46. The van der Waals surface area contributed by atoms with E-state index in [1.165, 1.54) is 24.3 Å². The molecule has 0 aliphatic heterocycles. The molecule has 0 radical (unpaired) electrons. The van der Waals surface area contributed by atoms with E-state index in [4.69, 9.17) is 0 Å². The molecule has 0 fully saturated rings. The van der Waals surface area contributed by atoms with E-state index < -0.39 is 6.10 Å². The third-order valence-corrected chi connectivity index (χ3v) is 3.58. The number of aliphatic hydroxyl groups excluding tert-OH is 1. The van der Waals surface area contributed by atoms with Crippen molar-refractivity contribution in [3.8, 4) is 0 Å². The highest BCUT2D eigenvalue weighted by molar-refractivity contribution is 5.18. The van der Waals surface area contributed by atoms with E-state index >= 15 is 0 Å². The van der Waals surface area contributed by atoms with Crippen LogP contribution in [-0.2, 0) is 13.1 Å². The molecule has 0 aliphatic carbocycles. The molecule has 0 aliphatic rings. The maximum atomic E-state index is 13.0. The Morgan fingerprint density at radius 1 is 0.864 bits per heavy atom. The Hall–Kier alpha value is -1.78. The van der Waals surface area contributed by atoms with E-state index in [0.717, 1.165) is 11.1 Å². The number of benzene rings is 2. The number of rotatable bonds is 7. The van der Waals surface area contributed by atoms with Gasteiger partial charge in [-0.15, -0.1) is 0 Å². The molecular formula is C18H21F2NO. The van der Waals surface area contributed by atoms with Crippen LogP contribution in [0.3, 0.4) is 0 Å². The van der Waals surface area contributed by atoms with E-state index in [9.17, 15) is 13.9 Å². The topological polar surface area (TPSA) is 23.5 Å². The van der Waals surface area contributed by atoms with Crippen molar-refractivity contribution in [2.24, 2.45) is 0 Å². The number of aliphatic hydroxyl groups is 1. The van der Waals surface area contributed by atoms with Crippen molar-refractivity contribution >= 4 is 0 Å². The molecule has 1 N–H and O–H groups in total. The Bertz CT molecular complexity index is 521. The third-order valence-electron chi connectivity index (χ3n) is 3.58. The highest BCUT2D eigenvalue weighted by atomic mass is 19.1. The maximum Gasteiger partial charge on any atom is 0.123 e. The smallest absolute Gasteiger partial charge is 0.123 e. The van der Waals surface area contributed by atoms with Crippen molar-refractivity contribution in [1.29, 1.82) is 0 Å². The average Bonchev–Trinajstić information content (AvgIpc) is 2.51. The van der Waals surface area contributed by atoms with Crippen molar-refractivity contribution in [2.75, 3.05) is 6.54 Å². The van der Waals surface area contributed by atoms with Gasteiger partial charge in [0.2, 0.25) is 0 Å². The van der Waals surface area contributed by atoms with E-state index in [-0.39, 0.29) is 11.6 Å². The molecule has 0 aromatic heterocycles. The summed E-state index contributed by atoms with van der Waals surface area (Å²) in [5.41, 5.74) is 1.96. The van der Waals surface area contributed by atoms with Crippen LogP contribution in [0, 0.1) is 11.6 Å². The molecule has 0 heterocycles. The molecule has 22 heavy (non-hydrogen) atoms. The molecule has 0 bridgehead atoms. The fraction of sp³-hybridized carbons (Fsp3) is 0.333. The molecule has 1 unspecified atom stereocenters. The summed E-state index contributed by atoms with van der Waals surface area (Å²) in [5, 5.41) is 9.91. The summed E-state index contributed by atoms with van der Waals surface area (Å²) in [6.07, 6.45) is 0.254. The zero-order chi connectivity index (χ0) is 15.9. The Morgan fingerprint density at radius 3 is 1.64 bits per heavy atom. The van der Waals surface area contributed by atoms with Gasteiger partial charge in [-0.1, -0.05) is 31.2 Å². The lowest BCUT2D eigenvalue weighted by Gasteiger charge is -2.25. The van der Waals surface area contributed by atoms with Gasteiger partial charge in [0.1, 0.15) is 11.6 Å². The van der Waals surface area contributed by atoms with E-state index in [1.807, 2.05) is 6.92 Å². The van der Waals surface area contributed by atoms with Gasteiger partial charge in [0.25, 0.3) is 0 Å². The molecule has 2 rings (SSSR count). The summed E-state index contributed by atoms with van der Waals surface area (Å²) in [6.45, 7) is 3.66. The molecular weight excluding hydrogens is 284 g/mol. The van der Waals surface area contributed by atoms with Crippen LogP contribution in [0.5, 0.6) is 0 Å². The predicted molar refractivity (Wildman–Crippen MR) is 83.2 cm³/mol. The van der Waals surface area contributed by atoms with Gasteiger partial charge >= 0.3 is 0 Å². The molecule has 118 valence electrons. The normalized spacial score (nSPS) is 12.6. The van der Waals surface area contributed by atoms with Gasteiger partial charge in [-0.05, 0) is 41.8 Å². The van der Waals surface area contributed by atoms with Crippen LogP contribution in [0.15, 0.2) is 48.5 Å². The zero-order valence-electron chi connectivity index (χ0n) is 12.7. The first-order valence-electron chi connectivity index (χ1n) is 7.46. The van der Waals surface area contributed by atoms with Crippen molar-refractivity contribution in [2.45, 2.75) is 32.5 Å². The van der Waals surface area contributed by atoms with Crippen LogP contribution in [-0.4, -0.2) is 22.7 Å². The Kier molecular flexibility index (Phi) is 6.04. The lowest BCUT2D eigenvalue weighted by molar-refractivity contribution is 0.101. The number of halogens is 2. The first kappa shape index (κ1) is 16.6. The second kappa shape index (κ2) is 8.01. The van der Waals surface area contributed by atoms with Crippen molar-refractivity contribution in [1.82, 2.24) is 4.90 Å². The fourth-order valence-corrected chi connectivity index (χ4v) is 2.31. The highest BCUT2D eigenvalue weighted by Gasteiger charge is 2.12. The molecule has 0 saturated carbocycles. The van der Waals surface area contributed by atoms with Crippen molar-refractivity contribution < 1.29 is 13.9 Å². The Labute approximate surface area is 130 Å². The number of nitrogens with zero attached hydrogens (tertiary/aromatic N) is 1. The molecule has 2 aromatic rings. The second-order valence-electron chi connectivity index (χ2n) is 5.48. The van der Waals surface area contributed by atoms with Crippen LogP contribution in [0.4, 0.5) is 8.78 Å². The molecule has 2 aromatic carbocycles. The largest absolute Gasteiger partial charge is 0.392 e. The van der Waals surface area contributed by atoms with Crippen molar-refractivity contribution in [3.05, 3.63) is 71.3 Å². The van der Waals surface area contributed by atoms with E-state index in [2.05, 4.69) is 4.90 Å². The molecule has 2 nitrogen and oxygen atoms in total. The molecule has 1 atom stereocenters. The highest BCUT2D eigenvalue weighted by Crippen LogP contribution is 2.13. The monoisotopic (exact) mass is 305 g/mol. The van der Waals surface area contributed by atoms with Crippen LogP contribution < -0.4 is 0 Å². The molecule has 0 saturated heterocycles. The summed E-state index contributed by atoms with van der Waals surface area (Å²) in [4.78, 5) is 2.08. The second-order valence-corrected chi connectivity index (χ2v) is 5.48. The zero-order valence-corrected chi connectivity index (χ0v) is 12.7. The third kappa shape index (κ3) is 5.20. The summed E-state index contributed by atoms with van der Waals surface area (Å²) < 4.78 is 26.0. The average molecular weight is 305 g/mol. The van der Waals surface area contributed by atoms with Crippen LogP contribution in [0.2, 0.25) is 0 Å². The predicted octanol–water partition coefficient (Wildman–Crippen LogP) is 3.74. The fourth-order valence-electron chi connectivity index (χ4n) is 2.31. The quantitative estimate of drug-likeness (QED) is 0.842.